The van der Waals surface area contributed by atoms with Crippen molar-refractivity contribution in [3.05, 3.63) is 18.0 Å². The summed E-state index contributed by atoms with van der Waals surface area (Å²) in [6, 6.07) is 3.38. The molecule has 1 heterocycles. The number of halogens is 1. The van der Waals surface area contributed by atoms with E-state index in [1.807, 2.05) is 0 Å². The van der Waals surface area contributed by atoms with Crippen LogP contribution in [-0.2, 0) is 6.54 Å². The molecule has 0 aromatic carbocycles. The van der Waals surface area contributed by atoms with Crippen LogP contribution in [0.1, 0.15) is 44.8 Å². The normalized spacial score (nSPS) is 17.6. The average Bonchev–Trinajstić information content (AvgIpc) is 3.08. The Kier molecular flexibility index (Phi) is 4.46. The maximum atomic E-state index is 5.85. The molecule has 1 atom stereocenters. The molecule has 0 amide bonds. The van der Waals surface area contributed by atoms with Gasteiger partial charge in [-0.1, -0.05) is 6.92 Å². The van der Waals surface area contributed by atoms with Gasteiger partial charge in [-0.3, -0.25) is 9.58 Å². The number of hydrogen-bond donors (Lipinski definition) is 0. The molecule has 0 aliphatic heterocycles. The Morgan fingerprint density at radius 2 is 2.35 bits per heavy atom. The van der Waals surface area contributed by atoms with Crippen LogP contribution in [0, 0.1) is 0 Å². The Hall–Kier alpha value is -0.540. The Morgan fingerprint density at radius 1 is 1.59 bits per heavy atom. The van der Waals surface area contributed by atoms with Gasteiger partial charge in [0, 0.05) is 37.3 Å². The molecule has 0 saturated heterocycles. The fourth-order valence-corrected chi connectivity index (χ4v) is 2.26. The highest BCUT2D eigenvalue weighted by Crippen LogP contribution is 2.28. The van der Waals surface area contributed by atoms with Crippen molar-refractivity contribution in [1.82, 2.24) is 14.7 Å². The predicted octanol–water partition coefficient (Wildman–Crippen LogP) is 3.06. The van der Waals surface area contributed by atoms with Crippen LogP contribution in [0.25, 0.3) is 0 Å². The van der Waals surface area contributed by atoms with Crippen LogP contribution in [-0.4, -0.2) is 33.1 Å². The van der Waals surface area contributed by atoms with Crippen LogP contribution in [0.5, 0.6) is 0 Å². The van der Waals surface area contributed by atoms with Crippen molar-refractivity contribution in [3.63, 3.8) is 0 Å². The first-order valence-electron chi connectivity index (χ1n) is 6.58. The topological polar surface area (TPSA) is 21.1 Å². The summed E-state index contributed by atoms with van der Waals surface area (Å²) in [6.07, 6.45) is 5.86. The van der Waals surface area contributed by atoms with E-state index in [9.17, 15) is 0 Å². The minimum atomic E-state index is 0.492. The zero-order valence-electron chi connectivity index (χ0n) is 10.8. The van der Waals surface area contributed by atoms with Gasteiger partial charge in [-0.25, -0.2) is 0 Å². The lowest BCUT2D eigenvalue weighted by Crippen LogP contribution is -2.27. The summed E-state index contributed by atoms with van der Waals surface area (Å²) < 4.78 is 2.07. The van der Waals surface area contributed by atoms with Gasteiger partial charge in [0.15, 0.2) is 0 Å². The van der Waals surface area contributed by atoms with Gasteiger partial charge in [-0.05, 0) is 32.3 Å². The molecule has 1 saturated carbocycles. The van der Waals surface area contributed by atoms with E-state index in [4.69, 9.17) is 11.6 Å². The molecule has 0 N–H and O–H groups in total. The predicted molar refractivity (Wildman–Crippen MR) is 71.4 cm³/mol. The fraction of sp³-hybridized carbons (Fsp3) is 0.769. The van der Waals surface area contributed by atoms with E-state index in [2.05, 4.69) is 40.8 Å². The van der Waals surface area contributed by atoms with Gasteiger partial charge in [-0.15, -0.1) is 11.6 Å². The number of alkyl halides is 1. The second-order valence-corrected chi connectivity index (χ2v) is 5.31. The average molecular weight is 256 g/mol. The molecule has 1 aliphatic carbocycles. The van der Waals surface area contributed by atoms with Gasteiger partial charge in [0.1, 0.15) is 0 Å². The molecule has 0 radical (unpaired) electrons. The lowest BCUT2D eigenvalue weighted by Gasteiger charge is -2.19. The lowest BCUT2D eigenvalue weighted by atomic mass is 10.3. The van der Waals surface area contributed by atoms with E-state index in [0.29, 0.717) is 11.9 Å². The zero-order chi connectivity index (χ0) is 12.3. The molecule has 0 spiro atoms. The van der Waals surface area contributed by atoms with Crippen molar-refractivity contribution in [2.45, 2.75) is 51.7 Å². The summed E-state index contributed by atoms with van der Waals surface area (Å²) in [5, 5.41) is 4.65. The van der Waals surface area contributed by atoms with Gasteiger partial charge in [0.2, 0.25) is 0 Å². The third-order valence-electron chi connectivity index (χ3n) is 3.51. The molecule has 1 fully saturated rings. The van der Waals surface area contributed by atoms with E-state index in [-0.39, 0.29) is 0 Å². The molecule has 4 heteroatoms. The van der Waals surface area contributed by atoms with E-state index in [1.165, 1.54) is 18.5 Å². The number of rotatable bonds is 7. The molecular formula is C13H22ClN3. The second-order valence-electron chi connectivity index (χ2n) is 4.93. The summed E-state index contributed by atoms with van der Waals surface area (Å²) >= 11 is 5.85. The van der Waals surface area contributed by atoms with Crippen molar-refractivity contribution in [2.75, 3.05) is 12.4 Å². The number of nitrogens with zero attached hydrogens (tertiary/aromatic N) is 3. The highest BCUT2D eigenvalue weighted by atomic mass is 35.5. The van der Waals surface area contributed by atoms with Gasteiger partial charge >= 0.3 is 0 Å². The standard InChI is InChI=1S/C13H22ClN3/c1-3-11(2)17-8-6-12(15-17)10-16(9-7-14)13-4-5-13/h6,8,11,13H,3-5,7,9-10H2,1-2H3. The minimum absolute atomic E-state index is 0.492. The summed E-state index contributed by atoms with van der Waals surface area (Å²) in [5.41, 5.74) is 1.17. The zero-order valence-corrected chi connectivity index (χ0v) is 11.5. The van der Waals surface area contributed by atoms with Gasteiger partial charge in [-0.2, -0.15) is 5.10 Å². The highest BCUT2D eigenvalue weighted by Gasteiger charge is 2.28. The Bertz CT molecular complexity index is 346. The molecule has 3 nitrogen and oxygen atoms in total. The summed E-state index contributed by atoms with van der Waals surface area (Å²) in [5.74, 6) is 0.711. The molecule has 1 aromatic heterocycles. The van der Waals surface area contributed by atoms with E-state index in [0.717, 1.165) is 25.6 Å². The van der Waals surface area contributed by atoms with Crippen molar-refractivity contribution in [2.24, 2.45) is 0 Å². The van der Waals surface area contributed by atoms with Crippen LogP contribution in [0.2, 0.25) is 0 Å². The molecule has 1 aliphatic rings. The van der Waals surface area contributed by atoms with Crippen LogP contribution in [0.15, 0.2) is 12.3 Å². The minimum Gasteiger partial charge on any atom is -0.293 e. The number of aromatic nitrogens is 2. The fourth-order valence-electron chi connectivity index (χ4n) is 2.04. The van der Waals surface area contributed by atoms with Crippen molar-refractivity contribution in [1.29, 1.82) is 0 Å². The third kappa shape index (κ3) is 3.46. The summed E-state index contributed by atoms with van der Waals surface area (Å²) in [7, 11) is 0. The molecular weight excluding hydrogens is 234 g/mol. The molecule has 0 bridgehead atoms. The monoisotopic (exact) mass is 255 g/mol. The molecule has 1 unspecified atom stereocenters. The van der Waals surface area contributed by atoms with Crippen LogP contribution in [0.4, 0.5) is 0 Å². The maximum Gasteiger partial charge on any atom is 0.0765 e. The Labute approximate surface area is 109 Å². The van der Waals surface area contributed by atoms with Gasteiger partial charge in [0.05, 0.1) is 5.69 Å². The van der Waals surface area contributed by atoms with Crippen molar-refractivity contribution >= 4 is 11.6 Å². The Morgan fingerprint density at radius 3 is 2.94 bits per heavy atom. The van der Waals surface area contributed by atoms with Gasteiger partial charge < -0.3 is 0 Å². The van der Waals surface area contributed by atoms with Crippen LogP contribution >= 0.6 is 11.6 Å². The van der Waals surface area contributed by atoms with Gasteiger partial charge in [0.25, 0.3) is 0 Å². The van der Waals surface area contributed by atoms with E-state index < -0.39 is 0 Å². The highest BCUT2D eigenvalue weighted by molar-refractivity contribution is 6.18. The quantitative estimate of drug-likeness (QED) is 0.699. The first-order valence-corrected chi connectivity index (χ1v) is 7.12. The molecule has 17 heavy (non-hydrogen) atoms. The summed E-state index contributed by atoms with van der Waals surface area (Å²) in [6.45, 7) is 6.31. The molecule has 2 rings (SSSR count). The maximum absolute atomic E-state index is 5.85. The first-order chi connectivity index (χ1) is 8.24. The lowest BCUT2D eigenvalue weighted by molar-refractivity contribution is 0.266. The third-order valence-corrected chi connectivity index (χ3v) is 3.68. The largest absolute Gasteiger partial charge is 0.293 e. The van der Waals surface area contributed by atoms with Crippen LogP contribution < -0.4 is 0 Å². The first kappa shape index (κ1) is 12.9. The smallest absolute Gasteiger partial charge is 0.0765 e. The summed E-state index contributed by atoms with van der Waals surface area (Å²) in [4.78, 5) is 2.45. The van der Waals surface area contributed by atoms with E-state index in [1.54, 1.807) is 0 Å². The van der Waals surface area contributed by atoms with Crippen LogP contribution in [0.3, 0.4) is 0 Å². The SMILES string of the molecule is CCC(C)n1ccc(CN(CCCl)C2CC2)n1. The molecule has 96 valence electrons. The van der Waals surface area contributed by atoms with E-state index >= 15 is 0 Å². The molecule has 1 aromatic rings. The second kappa shape index (κ2) is 5.87. The van der Waals surface area contributed by atoms with Crippen molar-refractivity contribution in [3.8, 4) is 0 Å². The van der Waals surface area contributed by atoms with Crippen molar-refractivity contribution < 1.29 is 0 Å². The number of hydrogen-bond acceptors (Lipinski definition) is 2. The Balaban J connectivity index is 1.94.